The first-order chi connectivity index (χ1) is 7.05. The van der Waals surface area contributed by atoms with E-state index in [1.54, 1.807) is 0 Å². The Kier molecular flexibility index (Phi) is 2.19. The number of rotatable bonds is 3. The van der Waals surface area contributed by atoms with Crippen molar-refractivity contribution < 1.29 is 19.1 Å². The zero-order valence-corrected chi connectivity index (χ0v) is 8.37. The zero-order valence-electron chi connectivity index (χ0n) is 7.62. The Morgan fingerprint density at radius 3 is 2.60 bits per heavy atom. The molecule has 5 nitrogen and oxygen atoms in total. The van der Waals surface area contributed by atoms with Gasteiger partial charge in [0.15, 0.2) is 0 Å². The van der Waals surface area contributed by atoms with Gasteiger partial charge in [0.25, 0.3) is 5.91 Å². The number of amides is 1. The predicted molar refractivity (Wildman–Crippen MR) is 50.8 cm³/mol. The molecule has 0 radical (unpaired) electrons. The molecule has 0 unspecified atom stereocenters. The Hall–Kier alpha value is -1.49. The molecule has 0 aromatic carbocycles. The number of aliphatic carboxylic acids is 1. The van der Waals surface area contributed by atoms with Gasteiger partial charge in [-0.25, -0.2) is 4.79 Å². The number of carboxylic acid groups (broad SMARTS) is 1. The summed E-state index contributed by atoms with van der Waals surface area (Å²) in [6, 6.07) is 1.40. The van der Waals surface area contributed by atoms with Crippen molar-refractivity contribution in [1.29, 1.82) is 0 Å². The van der Waals surface area contributed by atoms with Crippen LogP contribution in [0.25, 0.3) is 0 Å². The van der Waals surface area contributed by atoms with Crippen LogP contribution in [-0.4, -0.2) is 22.5 Å². The Balaban J connectivity index is 2.11. The SMILES string of the molecule is O=C(NC1(C(=O)O)CC1)c1ccoc1Cl. The van der Waals surface area contributed by atoms with E-state index in [1.165, 1.54) is 12.3 Å². The smallest absolute Gasteiger partial charge is 0.329 e. The molecule has 6 heteroatoms. The number of carboxylic acids is 1. The normalized spacial score (nSPS) is 17.1. The molecule has 0 saturated heterocycles. The van der Waals surface area contributed by atoms with Crippen LogP contribution in [0.3, 0.4) is 0 Å². The van der Waals surface area contributed by atoms with E-state index in [9.17, 15) is 9.59 Å². The fourth-order valence-corrected chi connectivity index (χ4v) is 1.46. The van der Waals surface area contributed by atoms with Crippen LogP contribution < -0.4 is 5.32 Å². The molecule has 0 aliphatic heterocycles. The van der Waals surface area contributed by atoms with Crippen LogP contribution in [0.5, 0.6) is 0 Å². The summed E-state index contributed by atoms with van der Waals surface area (Å²) >= 11 is 5.59. The van der Waals surface area contributed by atoms with Crippen LogP contribution >= 0.6 is 11.6 Å². The topological polar surface area (TPSA) is 79.5 Å². The van der Waals surface area contributed by atoms with Crippen molar-refractivity contribution in [2.45, 2.75) is 18.4 Å². The van der Waals surface area contributed by atoms with Crippen LogP contribution in [0, 0.1) is 0 Å². The Morgan fingerprint density at radius 1 is 1.53 bits per heavy atom. The summed E-state index contributed by atoms with van der Waals surface area (Å²) in [4.78, 5) is 22.4. The minimum absolute atomic E-state index is 0.0336. The van der Waals surface area contributed by atoms with Gasteiger partial charge in [0.05, 0.1) is 11.8 Å². The first kappa shape index (κ1) is 10.0. The van der Waals surface area contributed by atoms with Crippen molar-refractivity contribution in [2.75, 3.05) is 0 Å². The van der Waals surface area contributed by atoms with E-state index in [-0.39, 0.29) is 10.8 Å². The molecular formula is C9H8ClNO4. The quantitative estimate of drug-likeness (QED) is 0.818. The van der Waals surface area contributed by atoms with Gasteiger partial charge in [0, 0.05) is 0 Å². The third-order valence-electron chi connectivity index (χ3n) is 2.37. The van der Waals surface area contributed by atoms with Crippen molar-refractivity contribution >= 4 is 23.5 Å². The second kappa shape index (κ2) is 3.27. The lowest BCUT2D eigenvalue weighted by molar-refractivity contribution is -0.140. The third-order valence-corrected chi connectivity index (χ3v) is 2.67. The maximum Gasteiger partial charge on any atom is 0.329 e. The largest absolute Gasteiger partial charge is 0.480 e. The first-order valence-electron chi connectivity index (χ1n) is 4.34. The first-order valence-corrected chi connectivity index (χ1v) is 4.72. The number of hydrogen-bond acceptors (Lipinski definition) is 3. The molecule has 1 heterocycles. The van der Waals surface area contributed by atoms with E-state index in [2.05, 4.69) is 5.32 Å². The summed E-state index contributed by atoms with van der Waals surface area (Å²) in [5, 5.41) is 11.2. The molecule has 0 spiro atoms. The van der Waals surface area contributed by atoms with Gasteiger partial charge in [0.1, 0.15) is 5.54 Å². The molecule has 1 aliphatic carbocycles. The van der Waals surface area contributed by atoms with Crippen LogP contribution in [0.1, 0.15) is 23.2 Å². The van der Waals surface area contributed by atoms with E-state index in [0.717, 1.165) is 0 Å². The Morgan fingerprint density at radius 2 is 2.20 bits per heavy atom. The minimum Gasteiger partial charge on any atom is -0.480 e. The Bertz CT molecular complexity index is 422. The van der Waals surface area contributed by atoms with Gasteiger partial charge in [-0.1, -0.05) is 0 Å². The molecule has 1 aromatic heterocycles. The molecule has 1 saturated carbocycles. The minimum atomic E-state index is -1.10. The highest BCUT2D eigenvalue weighted by Crippen LogP contribution is 2.36. The molecule has 2 rings (SSSR count). The fourth-order valence-electron chi connectivity index (χ4n) is 1.26. The van der Waals surface area contributed by atoms with Gasteiger partial charge in [-0.05, 0) is 30.5 Å². The van der Waals surface area contributed by atoms with Gasteiger partial charge >= 0.3 is 5.97 Å². The van der Waals surface area contributed by atoms with E-state index >= 15 is 0 Å². The molecule has 1 fully saturated rings. The number of halogens is 1. The number of nitrogens with one attached hydrogen (secondary N) is 1. The van der Waals surface area contributed by atoms with Crippen molar-refractivity contribution in [3.05, 3.63) is 23.1 Å². The van der Waals surface area contributed by atoms with E-state index in [4.69, 9.17) is 21.1 Å². The molecule has 0 bridgehead atoms. The molecule has 0 atom stereocenters. The lowest BCUT2D eigenvalue weighted by atomic mass is 10.2. The van der Waals surface area contributed by atoms with Gasteiger partial charge in [-0.15, -0.1) is 0 Å². The van der Waals surface area contributed by atoms with Crippen LogP contribution in [0.2, 0.25) is 5.22 Å². The van der Waals surface area contributed by atoms with Crippen molar-refractivity contribution in [3.63, 3.8) is 0 Å². The number of furan rings is 1. The maximum atomic E-state index is 11.6. The molecule has 2 N–H and O–H groups in total. The molecule has 1 aromatic rings. The highest BCUT2D eigenvalue weighted by Gasteiger charge is 2.51. The van der Waals surface area contributed by atoms with Crippen molar-refractivity contribution in [3.8, 4) is 0 Å². The summed E-state index contributed by atoms with van der Waals surface area (Å²) in [5.41, 5.74) is -0.943. The summed E-state index contributed by atoms with van der Waals surface area (Å²) in [7, 11) is 0. The zero-order chi connectivity index (χ0) is 11.1. The average molecular weight is 230 g/mol. The van der Waals surface area contributed by atoms with E-state index in [0.29, 0.717) is 12.8 Å². The standard InChI is InChI=1S/C9H8ClNO4/c10-6-5(1-4-15-6)7(12)11-9(2-3-9)8(13)14/h1,4H,2-3H2,(H,11,12)(H,13,14). The van der Waals surface area contributed by atoms with E-state index < -0.39 is 17.4 Å². The van der Waals surface area contributed by atoms with E-state index in [1.807, 2.05) is 0 Å². The molecule has 1 amide bonds. The third kappa shape index (κ3) is 1.70. The summed E-state index contributed by atoms with van der Waals surface area (Å²) in [6.07, 6.45) is 2.17. The summed E-state index contributed by atoms with van der Waals surface area (Å²) < 4.78 is 4.74. The van der Waals surface area contributed by atoms with Gasteiger partial charge in [0.2, 0.25) is 5.22 Å². The molecule has 80 valence electrons. The van der Waals surface area contributed by atoms with Crippen LogP contribution in [-0.2, 0) is 4.79 Å². The Labute approximate surface area is 90.0 Å². The molecule has 15 heavy (non-hydrogen) atoms. The number of carbonyl (C=O) groups is 2. The van der Waals surface area contributed by atoms with Gasteiger partial charge < -0.3 is 14.8 Å². The fraction of sp³-hybridized carbons (Fsp3) is 0.333. The van der Waals surface area contributed by atoms with Crippen LogP contribution in [0.15, 0.2) is 16.7 Å². The summed E-state index contributed by atoms with van der Waals surface area (Å²) in [6.45, 7) is 0. The number of carbonyl (C=O) groups excluding carboxylic acids is 1. The highest BCUT2D eigenvalue weighted by molar-refractivity contribution is 6.32. The lowest BCUT2D eigenvalue weighted by Crippen LogP contribution is -2.43. The highest BCUT2D eigenvalue weighted by atomic mass is 35.5. The maximum absolute atomic E-state index is 11.6. The van der Waals surface area contributed by atoms with Gasteiger partial charge in [-0.2, -0.15) is 0 Å². The van der Waals surface area contributed by atoms with Crippen molar-refractivity contribution in [2.24, 2.45) is 0 Å². The number of hydrogen-bond donors (Lipinski definition) is 2. The monoisotopic (exact) mass is 229 g/mol. The second-order valence-corrected chi connectivity index (χ2v) is 3.79. The lowest BCUT2D eigenvalue weighted by Gasteiger charge is -2.11. The van der Waals surface area contributed by atoms with Crippen LogP contribution in [0.4, 0.5) is 0 Å². The average Bonchev–Trinajstić information content (AvgIpc) is 2.82. The predicted octanol–water partition coefficient (Wildman–Crippen LogP) is 1.28. The van der Waals surface area contributed by atoms with Crippen molar-refractivity contribution in [1.82, 2.24) is 5.32 Å². The second-order valence-electron chi connectivity index (χ2n) is 3.45. The molecular weight excluding hydrogens is 222 g/mol. The van der Waals surface area contributed by atoms with Gasteiger partial charge in [-0.3, -0.25) is 4.79 Å². The molecule has 1 aliphatic rings. The summed E-state index contributed by atoms with van der Waals surface area (Å²) in [5.74, 6) is -1.54.